The molecule has 1 N–H and O–H groups in total. The number of nitrogens with zero attached hydrogens (tertiary/aromatic N) is 1. The summed E-state index contributed by atoms with van der Waals surface area (Å²) in [4.78, 5) is 13.8. The van der Waals surface area contributed by atoms with Gasteiger partial charge in [0.2, 0.25) is 5.91 Å². The summed E-state index contributed by atoms with van der Waals surface area (Å²) in [5, 5.41) is 2.76. The van der Waals surface area contributed by atoms with Crippen molar-refractivity contribution >= 4 is 21.8 Å². The molecule has 0 aliphatic carbocycles. The van der Waals surface area contributed by atoms with Crippen LogP contribution < -0.4 is 5.32 Å². The number of unbranched alkanes of at least 4 members (excludes halogenated alkanes) is 1. The molecule has 1 aromatic rings. The van der Waals surface area contributed by atoms with Crippen molar-refractivity contribution in [2.24, 2.45) is 10.9 Å². The molecule has 3 nitrogen and oxygen atoms in total. The summed E-state index contributed by atoms with van der Waals surface area (Å²) >= 11 is 0. The minimum Gasteiger partial charge on any atom is -0.347 e. The quantitative estimate of drug-likeness (QED) is 0.135. The third-order valence-electron chi connectivity index (χ3n) is 5.06. The van der Waals surface area contributed by atoms with Gasteiger partial charge in [-0.05, 0) is 55.0 Å². The Kier molecular flexibility index (Phi) is 11.9. The molecule has 9 heteroatoms. The van der Waals surface area contributed by atoms with Crippen LogP contribution >= 0.6 is 10.2 Å². The van der Waals surface area contributed by atoms with Gasteiger partial charge in [0.25, 0.3) is 0 Å². The van der Waals surface area contributed by atoms with Gasteiger partial charge in [0.15, 0.2) is 0 Å². The Hall–Kier alpha value is -2.68. The number of aliphatic imine (C=N–C) groups is 1. The van der Waals surface area contributed by atoms with Crippen LogP contribution in [0.15, 0.2) is 82.8 Å². The van der Waals surface area contributed by atoms with E-state index in [1.54, 1.807) is 7.05 Å². The number of allylic oxidation sites excluding steroid dienone is 4. The molecule has 0 radical (unpaired) electrons. The molecular weight excluding hydrogens is 483 g/mol. The van der Waals surface area contributed by atoms with Crippen LogP contribution in [-0.4, -0.2) is 25.2 Å². The van der Waals surface area contributed by atoms with Crippen molar-refractivity contribution in [2.45, 2.75) is 51.9 Å². The van der Waals surface area contributed by atoms with Gasteiger partial charge in [0.1, 0.15) is 4.90 Å². The fraction of sp³-hybridized carbons (Fsp3) is 0.385. The van der Waals surface area contributed by atoms with Crippen molar-refractivity contribution in [1.82, 2.24) is 5.32 Å². The van der Waals surface area contributed by atoms with Gasteiger partial charge in [0.05, 0.1) is 12.3 Å². The molecule has 0 bridgehead atoms. The van der Waals surface area contributed by atoms with E-state index in [4.69, 9.17) is 0 Å². The van der Waals surface area contributed by atoms with Crippen LogP contribution in [0.3, 0.4) is 0 Å². The molecule has 0 aliphatic heterocycles. The number of hydrogen-bond acceptors (Lipinski definition) is 2. The lowest BCUT2D eigenvalue weighted by molar-refractivity contribution is -0.116. The van der Waals surface area contributed by atoms with Gasteiger partial charge in [-0.2, -0.15) is 0 Å². The van der Waals surface area contributed by atoms with Crippen molar-refractivity contribution in [3.05, 3.63) is 78.4 Å². The van der Waals surface area contributed by atoms with Gasteiger partial charge >= 0.3 is 10.2 Å². The number of amides is 1. The molecule has 0 saturated heterocycles. The minimum atomic E-state index is -9.45. The Morgan fingerprint density at radius 2 is 1.71 bits per heavy atom. The molecule has 0 aliphatic rings. The highest BCUT2D eigenvalue weighted by molar-refractivity contribution is 8.45. The third kappa shape index (κ3) is 12.5. The molecule has 1 rings (SSSR count). The first-order valence-corrected chi connectivity index (χ1v) is 13.2. The number of benzene rings is 1. The Labute approximate surface area is 206 Å². The van der Waals surface area contributed by atoms with Crippen molar-refractivity contribution in [3.8, 4) is 0 Å². The smallest absolute Gasteiger partial charge is 0.310 e. The highest BCUT2D eigenvalue weighted by Gasteiger charge is 2.65. The summed E-state index contributed by atoms with van der Waals surface area (Å²) in [6, 6.07) is 2.81. The number of carbonyl (C=O) groups excluding carboxylic acids is 1. The summed E-state index contributed by atoms with van der Waals surface area (Å²) in [6.45, 7) is 16.0. The second-order valence-corrected chi connectivity index (χ2v) is 10.4. The van der Waals surface area contributed by atoms with E-state index in [0.717, 1.165) is 42.7 Å². The van der Waals surface area contributed by atoms with E-state index >= 15 is 0 Å². The first-order chi connectivity index (χ1) is 16.0. The van der Waals surface area contributed by atoms with Gasteiger partial charge in [0, 0.05) is 7.05 Å². The monoisotopic (exact) mass is 520 g/mol. The van der Waals surface area contributed by atoms with E-state index in [0.29, 0.717) is 30.2 Å². The van der Waals surface area contributed by atoms with Gasteiger partial charge in [-0.15, -0.1) is 0 Å². The second-order valence-electron chi connectivity index (χ2n) is 8.00. The highest BCUT2D eigenvalue weighted by atomic mass is 32.5. The lowest BCUT2D eigenvalue weighted by atomic mass is 9.89. The predicted octanol–water partition coefficient (Wildman–Crippen LogP) is 8.90. The number of aryl methyl sites for hydroxylation is 1. The Balaban J connectivity index is 0.000000750. The zero-order chi connectivity index (χ0) is 27.3. The van der Waals surface area contributed by atoms with E-state index in [2.05, 4.69) is 62.5 Å². The number of carbonyl (C=O) groups is 1. The molecule has 0 heterocycles. The lowest BCUT2D eigenvalue weighted by Gasteiger charge is -2.40. The SMILES string of the molecule is C=CC(=O)NCC(=NC)C(=C)/C(=C\C=C/CCC)C(C)CC.Cc1ccc(S(F)(F)(F)(F)F)cc1. The van der Waals surface area contributed by atoms with Crippen LogP contribution in [0.2, 0.25) is 0 Å². The minimum absolute atomic E-state index is 0.203. The van der Waals surface area contributed by atoms with E-state index < -0.39 is 15.1 Å². The van der Waals surface area contributed by atoms with Gasteiger partial charge in [-0.25, -0.2) is 0 Å². The average molecular weight is 521 g/mol. The Morgan fingerprint density at radius 1 is 1.14 bits per heavy atom. The number of halogens is 5. The third-order valence-corrected chi connectivity index (χ3v) is 6.22. The molecule has 1 atom stereocenters. The standard InChI is InChI=1S/C19H30N2O.C7H7F5S/c1-7-10-11-12-13-17(15(4)8-2)16(5)18(20-6)14-21-19(22)9-3;1-6-2-4-7(5-3-6)13(8,9,10,11)12/h9,11-13,15H,3,5,7-8,10,14H2,1-2,4,6H3,(H,21,22);2-5H,1H3/b12-11-,17-13-,20-18?;. The largest absolute Gasteiger partial charge is 0.347 e. The number of nitrogens with one attached hydrogen (secondary N) is 1. The summed E-state index contributed by atoms with van der Waals surface area (Å²) in [6.07, 6.45) is 10.9. The fourth-order valence-corrected chi connectivity index (χ4v) is 3.39. The topological polar surface area (TPSA) is 41.5 Å². The van der Waals surface area contributed by atoms with Gasteiger partial charge < -0.3 is 5.32 Å². The van der Waals surface area contributed by atoms with Crippen LogP contribution in [0.4, 0.5) is 19.4 Å². The van der Waals surface area contributed by atoms with Crippen LogP contribution in [0, 0.1) is 12.8 Å². The van der Waals surface area contributed by atoms with Crippen molar-refractivity contribution in [1.29, 1.82) is 0 Å². The van der Waals surface area contributed by atoms with E-state index in [-0.39, 0.29) is 5.91 Å². The summed E-state index contributed by atoms with van der Waals surface area (Å²) in [7, 11) is -7.73. The van der Waals surface area contributed by atoms with Crippen LogP contribution in [0.5, 0.6) is 0 Å². The van der Waals surface area contributed by atoms with E-state index in [1.807, 2.05) is 0 Å². The molecule has 1 aromatic carbocycles. The summed E-state index contributed by atoms with van der Waals surface area (Å²) < 4.78 is 60.4. The molecule has 35 heavy (non-hydrogen) atoms. The first kappa shape index (κ1) is 32.3. The van der Waals surface area contributed by atoms with Gasteiger partial charge in [-0.1, -0.05) is 95.7 Å². The van der Waals surface area contributed by atoms with Crippen LogP contribution in [0.1, 0.15) is 45.6 Å². The van der Waals surface area contributed by atoms with Crippen molar-refractivity contribution in [3.63, 3.8) is 0 Å². The zero-order valence-electron chi connectivity index (χ0n) is 21.1. The number of hydrogen-bond donors (Lipinski definition) is 1. The number of rotatable bonds is 11. The lowest BCUT2D eigenvalue weighted by Crippen LogP contribution is -2.29. The molecule has 198 valence electrons. The molecule has 0 saturated carbocycles. The van der Waals surface area contributed by atoms with Crippen LogP contribution in [-0.2, 0) is 4.79 Å². The van der Waals surface area contributed by atoms with Crippen molar-refractivity contribution < 1.29 is 24.2 Å². The molecule has 0 spiro atoms. The Morgan fingerprint density at radius 3 is 2.14 bits per heavy atom. The van der Waals surface area contributed by atoms with Crippen molar-refractivity contribution in [2.75, 3.05) is 13.6 Å². The van der Waals surface area contributed by atoms with E-state index in [1.165, 1.54) is 18.6 Å². The summed E-state index contributed by atoms with van der Waals surface area (Å²) in [5.41, 5.74) is 3.36. The average Bonchev–Trinajstić information content (AvgIpc) is 2.77. The second kappa shape index (κ2) is 12.9. The predicted molar refractivity (Wildman–Crippen MR) is 140 cm³/mol. The molecule has 1 unspecified atom stereocenters. The molecular formula is C26H37F5N2OS. The van der Waals surface area contributed by atoms with Crippen LogP contribution in [0.25, 0.3) is 0 Å². The zero-order valence-corrected chi connectivity index (χ0v) is 21.9. The fourth-order valence-electron chi connectivity index (χ4n) is 2.74. The molecule has 0 fully saturated rings. The molecule has 0 aromatic heterocycles. The molecule has 1 amide bonds. The normalized spacial score (nSPS) is 15.4. The Bertz CT molecular complexity index is 963. The summed E-state index contributed by atoms with van der Waals surface area (Å²) in [5.74, 6) is 0.191. The van der Waals surface area contributed by atoms with Gasteiger partial charge in [-0.3, -0.25) is 9.79 Å². The highest BCUT2D eigenvalue weighted by Crippen LogP contribution is 3.02. The first-order valence-electron chi connectivity index (χ1n) is 11.2. The van der Waals surface area contributed by atoms with E-state index in [9.17, 15) is 24.2 Å². The maximum absolute atomic E-state index is 12.1. The maximum atomic E-state index is 12.1. The maximum Gasteiger partial charge on any atom is 0.310 e.